The fraction of sp³-hybridized carbons (Fsp3) is 0.235. The third kappa shape index (κ3) is 2.15. The summed E-state index contributed by atoms with van der Waals surface area (Å²) in [4.78, 5) is 0. The lowest BCUT2D eigenvalue weighted by molar-refractivity contribution is 0.415. The van der Waals surface area contributed by atoms with E-state index < -0.39 is 0 Å². The van der Waals surface area contributed by atoms with Crippen LogP contribution in [0.15, 0.2) is 42.5 Å². The standard InChI is InChI=1S/C17H16N2O/c1-20-17-13(10-18)3-2-4-14(17)11-5-7-12(8-6-11)15-9-16(15)19/h2-8,15-16H,9,19H2,1H3. The van der Waals surface area contributed by atoms with Crippen LogP contribution < -0.4 is 10.5 Å². The van der Waals surface area contributed by atoms with E-state index in [0.29, 0.717) is 23.3 Å². The van der Waals surface area contributed by atoms with Crippen molar-refractivity contribution in [3.05, 3.63) is 53.6 Å². The molecule has 1 fully saturated rings. The highest BCUT2D eigenvalue weighted by atomic mass is 16.5. The molecule has 1 aliphatic rings. The molecule has 2 unspecified atom stereocenters. The Kier molecular flexibility index (Phi) is 3.17. The predicted octanol–water partition coefficient (Wildman–Crippen LogP) is 3.05. The van der Waals surface area contributed by atoms with Gasteiger partial charge in [0.2, 0.25) is 0 Å². The largest absolute Gasteiger partial charge is 0.495 e. The van der Waals surface area contributed by atoms with Crippen molar-refractivity contribution in [3.63, 3.8) is 0 Å². The maximum absolute atomic E-state index is 9.13. The summed E-state index contributed by atoms with van der Waals surface area (Å²) in [5.41, 5.74) is 9.71. The number of hydrogen-bond donors (Lipinski definition) is 1. The molecule has 2 aromatic rings. The molecule has 0 aromatic heterocycles. The van der Waals surface area contributed by atoms with E-state index in [2.05, 4.69) is 30.3 Å². The van der Waals surface area contributed by atoms with Crippen LogP contribution in [-0.4, -0.2) is 13.2 Å². The van der Waals surface area contributed by atoms with Gasteiger partial charge in [0.05, 0.1) is 12.7 Å². The minimum absolute atomic E-state index is 0.317. The molecule has 3 nitrogen and oxygen atoms in total. The van der Waals surface area contributed by atoms with Crippen molar-refractivity contribution in [2.24, 2.45) is 5.73 Å². The number of ether oxygens (including phenoxy) is 1. The number of benzene rings is 2. The first-order chi connectivity index (χ1) is 9.74. The molecular formula is C17H16N2O. The lowest BCUT2D eigenvalue weighted by Crippen LogP contribution is -2.00. The molecule has 1 saturated carbocycles. The number of hydrogen-bond acceptors (Lipinski definition) is 3. The van der Waals surface area contributed by atoms with Gasteiger partial charge in [-0.05, 0) is 23.6 Å². The lowest BCUT2D eigenvalue weighted by atomic mass is 9.99. The summed E-state index contributed by atoms with van der Waals surface area (Å²) in [6.45, 7) is 0. The first-order valence-corrected chi connectivity index (χ1v) is 6.67. The summed E-state index contributed by atoms with van der Waals surface area (Å²) in [7, 11) is 1.59. The average molecular weight is 264 g/mol. The van der Waals surface area contributed by atoms with Crippen LogP contribution >= 0.6 is 0 Å². The van der Waals surface area contributed by atoms with Crippen molar-refractivity contribution in [2.45, 2.75) is 18.4 Å². The van der Waals surface area contributed by atoms with E-state index in [1.165, 1.54) is 5.56 Å². The molecule has 0 radical (unpaired) electrons. The number of nitriles is 1. The third-order valence-corrected chi connectivity index (χ3v) is 3.83. The molecular weight excluding hydrogens is 248 g/mol. The second-order valence-electron chi connectivity index (χ2n) is 5.13. The van der Waals surface area contributed by atoms with Crippen LogP contribution in [0.5, 0.6) is 5.75 Å². The van der Waals surface area contributed by atoms with E-state index in [-0.39, 0.29) is 0 Å². The molecule has 3 rings (SSSR count). The normalized spacial score (nSPS) is 20.2. The highest BCUT2D eigenvalue weighted by Gasteiger charge is 2.34. The molecule has 2 atom stereocenters. The molecule has 0 aliphatic heterocycles. The molecule has 0 amide bonds. The third-order valence-electron chi connectivity index (χ3n) is 3.83. The van der Waals surface area contributed by atoms with Crippen molar-refractivity contribution < 1.29 is 4.74 Å². The van der Waals surface area contributed by atoms with Crippen LogP contribution in [0.4, 0.5) is 0 Å². The molecule has 0 spiro atoms. The second kappa shape index (κ2) is 4.99. The monoisotopic (exact) mass is 264 g/mol. The summed E-state index contributed by atoms with van der Waals surface area (Å²) in [6.07, 6.45) is 1.08. The van der Waals surface area contributed by atoms with Crippen LogP contribution in [0, 0.1) is 11.3 Å². The molecule has 1 aliphatic carbocycles. The number of para-hydroxylation sites is 1. The van der Waals surface area contributed by atoms with Crippen molar-refractivity contribution in [1.29, 1.82) is 5.26 Å². The summed E-state index contributed by atoms with van der Waals surface area (Å²) in [6, 6.07) is 16.5. The van der Waals surface area contributed by atoms with Gasteiger partial charge in [-0.15, -0.1) is 0 Å². The Bertz CT molecular complexity index is 670. The molecule has 2 aromatic carbocycles. The van der Waals surface area contributed by atoms with E-state index in [9.17, 15) is 0 Å². The van der Waals surface area contributed by atoms with Gasteiger partial charge in [0.15, 0.2) is 0 Å². The summed E-state index contributed by atoms with van der Waals surface area (Å²) in [5.74, 6) is 1.14. The predicted molar refractivity (Wildman–Crippen MR) is 78.5 cm³/mol. The summed E-state index contributed by atoms with van der Waals surface area (Å²) < 4.78 is 5.39. The maximum atomic E-state index is 9.13. The van der Waals surface area contributed by atoms with Crippen LogP contribution in [0.1, 0.15) is 23.5 Å². The zero-order chi connectivity index (χ0) is 14.1. The van der Waals surface area contributed by atoms with E-state index in [4.69, 9.17) is 15.7 Å². The van der Waals surface area contributed by atoms with E-state index in [1.54, 1.807) is 13.2 Å². The molecule has 2 N–H and O–H groups in total. The van der Waals surface area contributed by atoms with Gasteiger partial charge in [-0.2, -0.15) is 5.26 Å². The van der Waals surface area contributed by atoms with Crippen molar-refractivity contribution in [3.8, 4) is 22.9 Å². The number of nitrogens with zero attached hydrogens (tertiary/aromatic N) is 1. The quantitative estimate of drug-likeness (QED) is 0.926. The molecule has 20 heavy (non-hydrogen) atoms. The fourth-order valence-corrected chi connectivity index (χ4v) is 2.58. The van der Waals surface area contributed by atoms with E-state index in [1.807, 2.05) is 12.1 Å². The second-order valence-corrected chi connectivity index (χ2v) is 5.13. The highest BCUT2D eigenvalue weighted by molar-refractivity contribution is 5.74. The van der Waals surface area contributed by atoms with Crippen molar-refractivity contribution in [2.75, 3.05) is 7.11 Å². The number of rotatable bonds is 3. The summed E-state index contributed by atoms with van der Waals surface area (Å²) >= 11 is 0. The van der Waals surface area contributed by atoms with Crippen molar-refractivity contribution in [1.82, 2.24) is 0 Å². The van der Waals surface area contributed by atoms with Gasteiger partial charge in [-0.3, -0.25) is 0 Å². The Morgan fingerprint density at radius 1 is 1.20 bits per heavy atom. The molecule has 0 bridgehead atoms. The van der Waals surface area contributed by atoms with Crippen LogP contribution in [-0.2, 0) is 0 Å². The molecule has 0 heterocycles. The Labute approximate surface area is 118 Å². The zero-order valence-corrected chi connectivity index (χ0v) is 11.3. The lowest BCUT2D eigenvalue weighted by Gasteiger charge is -2.10. The van der Waals surface area contributed by atoms with E-state index in [0.717, 1.165) is 17.5 Å². The van der Waals surface area contributed by atoms with Gasteiger partial charge in [-0.1, -0.05) is 36.4 Å². The zero-order valence-electron chi connectivity index (χ0n) is 11.3. The summed E-state index contributed by atoms with van der Waals surface area (Å²) in [5, 5.41) is 9.13. The van der Waals surface area contributed by atoms with E-state index >= 15 is 0 Å². The Balaban J connectivity index is 1.99. The fourth-order valence-electron chi connectivity index (χ4n) is 2.58. The minimum atomic E-state index is 0.317. The molecule has 0 saturated heterocycles. The van der Waals surface area contributed by atoms with Gasteiger partial charge < -0.3 is 10.5 Å². The molecule has 100 valence electrons. The number of methoxy groups -OCH3 is 1. The van der Waals surface area contributed by atoms with Gasteiger partial charge in [0.1, 0.15) is 11.8 Å². The highest BCUT2D eigenvalue weighted by Crippen LogP contribution is 2.40. The minimum Gasteiger partial charge on any atom is -0.495 e. The first kappa shape index (κ1) is 12.7. The van der Waals surface area contributed by atoms with Crippen LogP contribution in [0.2, 0.25) is 0 Å². The van der Waals surface area contributed by atoms with Crippen LogP contribution in [0.3, 0.4) is 0 Å². The molecule has 3 heteroatoms. The number of nitrogens with two attached hydrogens (primary N) is 1. The Hall–Kier alpha value is -2.31. The smallest absolute Gasteiger partial charge is 0.144 e. The van der Waals surface area contributed by atoms with Gasteiger partial charge in [0.25, 0.3) is 0 Å². The van der Waals surface area contributed by atoms with Crippen LogP contribution in [0.25, 0.3) is 11.1 Å². The topological polar surface area (TPSA) is 59.0 Å². The average Bonchev–Trinajstić information content (AvgIpc) is 3.23. The van der Waals surface area contributed by atoms with Gasteiger partial charge in [0, 0.05) is 17.5 Å². The first-order valence-electron chi connectivity index (χ1n) is 6.67. The van der Waals surface area contributed by atoms with Gasteiger partial charge in [-0.25, -0.2) is 0 Å². The van der Waals surface area contributed by atoms with Gasteiger partial charge >= 0.3 is 0 Å². The van der Waals surface area contributed by atoms with Crippen molar-refractivity contribution >= 4 is 0 Å². The Morgan fingerprint density at radius 3 is 2.45 bits per heavy atom. The SMILES string of the molecule is COc1c(C#N)cccc1-c1ccc(C2CC2N)cc1. The maximum Gasteiger partial charge on any atom is 0.144 e. The Morgan fingerprint density at radius 2 is 1.90 bits per heavy atom.